The van der Waals surface area contributed by atoms with Crippen LogP contribution in [0.2, 0.25) is 0 Å². The van der Waals surface area contributed by atoms with Gasteiger partial charge in [0.25, 0.3) is 0 Å². The lowest BCUT2D eigenvalue weighted by atomic mass is 9.95. The molecule has 1 aliphatic rings. The molecule has 0 saturated carbocycles. The van der Waals surface area contributed by atoms with Crippen LogP contribution in [0.1, 0.15) is 58.1 Å². The zero-order valence-electron chi connectivity index (χ0n) is 22.3. The summed E-state index contributed by atoms with van der Waals surface area (Å²) in [7, 11) is 0. The number of fused-ring (bicyclic) bond motifs is 1. The number of aromatic nitrogens is 4. The molecule has 3 aromatic heterocycles. The second-order valence-electron chi connectivity index (χ2n) is 11.3. The molecule has 0 aliphatic heterocycles. The first-order valence-corrected chi connectivity index (χ1v) is 13.3. The van der Waals surface area contributed by atoms with E-state index in [-0.39, 0.29) is 12.0 Å². The zero-order valence-corrected chi connectivity index (χ0v) is 22.3. The van der Waals surface area contributed by atoms with Crippen LogP contribution < -0.4 is 5.32 Å². The highest BCUT2D eigenvalue weighted by molar-refractivity contribution is 5.83. The SMILES string of the molecule is CCC(CCO)Cc1ccn2c(-c3ccnc(NCC(C)(C)C)n3)c(-c3ccc(C4=CC4)cc3)nc2c1. The summed E-state index contributed by atoms with van der Waals surface area (Å²) in [5.41, 5.74) is 8.73. The van der Waals surface area contributed by atoms with Crippen LogP contribution in [-0.4, -0.2) is 37.6 Å². The Hall–Kier alpha value is -3.51. The lowest BCUT2D eigenvalue weighted by molar-refractivity contribution is 0.254. The van der Waals surface area contributed by atoms with Gasteiger partial charge in [-0.25, -0.2) is 15.0 Å². The first-order valence-electron chi connectivity index (χ1n) is 13.3. The molecule has 6 nitrogen and oxygen atoms in total. The third-order valence-corrected chi connectivity index (χ3v) is 6.94. The normalized spacial score (nSPS) is 14.0. The Morgan fingerprint density at radius 2 is 1.81 bits per heavy atom. The van der Waals surface area contributed by atoms with Crippen LogP contribution in [0.15, 0.2) is 60.9 Å². The van der Waals surface area contributed by atoms with Crippen LogP contribution >= 0.6 is 0 Å². The minimum Gasteiger partial charge on any atom is -0.396 e. The zero-order chi connectivity index (χ0) is 26.0. The van der Waals surface area contributed by atoms with E-state index >= 15 is 0 Å². The Bertz CT molecular complexity index is 1410. The Kier molecular flexibility index (Phi) is 7.11. The van der Waals surface area contributed by atoms with Crippen molar-refractivity contribution in [2.75, 3.05) is 18.5 Å². The van der Waals surface area contributed by atoms with Gasteiger partial charge in [0, 0.05) is 31.1 Å². The van der Waals surface area contributed by atoms with Crippen molar-refractivity contribution in [2.24, 2.45) is 11.3 Å². The van der Waals surface area contributed by atoms with Crippen LogP contribution in [0, 0.1) is 11.3 Å². The number of benzene rings is 1. The quantitative estimate of drug-likeness (QED) is 0.257. The molecule has 2 N–H and O–H groups in total. The highest BCUT2D eigenvalue weighted by Gasteiger charge is 2.20. The molecule has 1 aromatic carbocycles. The second kappa shape index (κ2) is 10.5. The van der Waals surface area contributed by atoms with Crippen LogP contribution in [-0.2, 0) is 6.42 Å². The molecule has 0 bridgehead atoms. The fourth-order valence-corrected chi connectivity index (χ4v) is 4.68. The molecule has 1 unspecified atom stereocenters. The first kappa shape index (κ1) is 25.2. The number of pyridine rings is 1. The minimum absolute atomic E-state index is 0.120. The third-order valence-electron chi connectivity index (χ3n) is 6.94. The van der Waals surface area contributed by atoms with Crippen molar-refractivity contribution >= 4 is 17.2 Å². The van der Waals surface area contributed by atoms with Crippen molar-refractivity contribution in [3.05, 3.63) is 72.1 Å². The van der Waals surface area contributed by atoms with Crippen molar-refractivity contribution < 1.29 is 5.11 Å². The number of hydrogen-bond donors (Lipinski definition) is 2. The number of hydrogen-bond acceptors (Lipinski definition) is 5. The first-order chi connectivity index (χ1) is 17.8. The maximum absolute atomic E-state index is 9.43. The number of nitrogens with zero attached hydrogens (tertiary/aromatic N) is 4. The fourth-order valence-electron chi connectivity index (χ4n) is 4.68. The summed E-state index contributed by atoms with van der Waals surface area (Å²) >= 11 is 0. The van der Waals surface area contributed by atoms with E-state index < -0.39 is 0 Å². The van der Waals surface area contributed by atoms with E-state index in [1.807, 2.05) is 12.3 Å². The summed E-state index contributed by atoms with van der Waals surface area (Å²) in [6.07, 6.45) is 10.1. The van der Waals surface area contributed by atoms with Crippen LogP contribution in [0.3, 0.4) is 0 Å². The molecule has 1 aliphatic carbocycles. The summed E-state index contributed by atoms with van der Waals surface area (Å²) in [5.74, 6) is 1.08. The molecule has 4 aromatic rings. The lowest BCUT2D eigenvalue weighted by Gasteiger charge is -2.18. The summed E-state index contributed by atoms with van der Waals surface area (Å²) in [4.78, 5) is 14.5. The number of aliphatic hydroxyl groups excluding tert-OH is 1. The van der Waals surface area contributed by atoms with Crippen molar-refractivity contribution in [1.29, 1.82) is 0 Å². The number of rotatable bonds is 10. The average molecular weight is 496 g/mol. The third kappa shape index (κ3) is 5.91. The van der Waals surface area contributed by atoms with Crippen molar-refractivity contribution in [3.63, 3.8) is 0 Å². The molecule has 3 heterocycles. The molecule has 6 heteroatoms. The lowest BCUT2D eigenvalue weighted by Crippen LogP contribution is -2.20. The molecule has 0 amide bonds. The predicted molar refractivity (Wildman–Crippen MR) is 151 cm³/mol. The van der Waals surface area contributed by atoms with E-state index in [2.05, 4.69) is 91.1 Å². The van der Waals surface area contributed by atoms with Crippen LogP contribution in [0.25, 0.3) is 33.9 Å². The van der Waals surface area contributed by atoms with Gasteiger partial charge in [0.15, 0.2) is 0 Å². The summed E-state index contributed by atoms with van der Waals surface area (Å²) in [6.45, 7) is 9.76. The van der Waals surface area contributed by atoms with E-state index in [1.165, 1.54) is 16.7 Å². The molecular formula is C31H37N5O. The van der Waals surface area contributed by atoms with Gasteiger partial charge in [0.05, 0.1) is 17.1 Å². The van der Waals surface area contributed by atoms with Gasteiger partial charge in [0.2, 0.25) is 5.95 Å². The van der Waals surface area contributed by atoms with Gasteiger partial charge in [-0.15, -0.1) is 0 Å². The van der Waals surface area contributed by atoms with Gasteiger partial charge in [-0.05, 0) is 65.5 Å². The predicted octanol–water partition coefficient (Wildman–Crippen LogP) is 6.65. The van der Waals surface area contributed by atoms with Gasteiger partial charge in [0.1, 0.15) is 5.65 Å². The van der Waals surface area contributed by atoms with E-state index in [4.69, 9.17) is 9.97 Å². The molecular weight excluding hydrogens is 458 g/mol. The summed E-state index contributed by atoms with van der Waals surface area (Å²) in [6, 6.07) is 15.0. The van der Waals surface area contributed by atoms with E-state index in [1.54, 1.807) is 0 Å². The molecule has 0 radical (unpaired) electrons. The highest BCUT2D eigenvalue weighted by Crippen LogP contribution is 2.35. The molecule has 192 valence electrons. The molecule has 5 rings (SSSR count). The molecule has 37 heavy (non-hydrogen) atoms. The molecule has 0 spiro atoms. The number of aliphatic hydroxyl groups is 1. The fraction of sp³-hybridized carbons (Fsp3) is 0.387. The van der Waals surface area contributed by atoms with Gasteiger partial charge < -0.3 is 10.4 Å². The van der Waals surface area contributed by atoms with Crippen LogP contribution in [0.4, 0.5) is 5.95 Å². The smallest absolute Gasteiger partial charge is 0.223 e. The number of allylic oxidation sites excluding steroid dienone is 2. The Balaban J connectivity index is 1.57. The Morgan fingerprint density at radius 3 is 2.49 bits per heavy atom. The monoisotopic (exact) mass is 495 g/mol. The average Bonchev–Trinajstić information content (AvgIpc) is 3.67. The van der Waals surface area contributed by atoms with Crippen LogP contribution in [0.5, 0.6) is 0 Å². The topological polar surface area (TPSA) is 75.3 Å². The maximum Gasteiger partial charge on any atom is 0.223 e. The number of nitrogens with one attached hydrogen (secondary N) is 1. The Morgan fingerprint density at radius 1 is 1.05 bits per heavy atom. The van der Waals surface area contributed by atoms with E-state index in [0.29, 0.717) is 11.9 Å². The van der Waals surface area contributed by atoms with Gasteiger partial charge in [-0.1, -0.05) is 64.5 Å². The van der Waals surface area contributed by atoms with Crippen molar-refractivity contribution in [2.45, 2.75) is 53.4 Å². The number of imidazole rings is 1. The minimum atomic E-state index is 0.120. The van der Waals surface area contributed by atoms with E-state index in [9.17, 15) is 5.11 Å². The van der Waals surface area contributed by atoms with E-state index in [0.717, 1.165) is 60.5 Å². The highest BCUT2D eigenvalue weighted by atomic mass is 16.3. The largest absolute Gasteiger partial charge is 0.396 e. The summed E-state index contributed by atoms with van der Waals surface area (Å²) in [5, 5.41) is 12.8. The molecule has 1 atom stereocenters. The summed E-state index contributed by atoms with van der Waals surface area (Å²) < 4.78 is 2.14. The Labute approximate surface area is 219 Å². The molecule has 0 saturated heterocycles. The standard InChI is InChI=1S/C31H37N5O/c1-5-21(14-17-37)18-22-13-16-36-27(19-22)35-28(25-10-8-24(9-11-25)23-6-7-23)29(36)26-12-15-32-30(34-26)33-20-31(2,3)4/h6,8-13,15-16,19,21,37H,5,7,14,17-18,20H2,1-4H3,(H,32,33,34). The number of anilines is 1. The van der Waals surface area contributed by atoms with Gasteiger partial charge in [-0.3, -0.25) is 4.40 Å². The molecule has 0 fully saturated rings. The maximum atomic E-state index is 9.43. The van der Waals surface area contributed by atoms with Gasteiger partial charge in [-0.2, -0.15) is 0 Å². The van der Waals surface area contributed by atoms with Crippen molar-refractivity contribution in [1.82, 2.24) is 19.4 Å². The van der Waals surface area contributed by atoms with Crippen molar-refractivity contribution in [3.8, 4) is 22.6 Å². The van der Waals surface area contributed by atoms with Gasteiger partial charge >= 0.3 is 0 Å². The second-order valence-corrected chi connectivity index (χ2v) is 11.3.